The number of fused-ring (bicyclic) bond motifs is 4. The lowest BCUT2D eigenvalue weighted by atomic mass is 9.78. The molecule has 5 rings (SSSR count). The molecule has 0 spiro atoms. The van der Waals surface area contributed by atoms with E-state index in [1.54, 1.807) is 12.1 Å². The Morgan fingerprint density at radius 1 is 1.06 bits per heavy atom. The summed E-state index contributed by atoms with van der Waals surface area (Å²) in [5.41, 5.74) is 4.69. The molecule has 7 heteroatoms. The average molecular weight is 492 g/mol. The van der Waals surface area contributed by atoms with E-state index in [9.17, 15) is 4.79 Å². The number of rotatable bonds is 3. The largest absolute Gasteiger partial charge is 0.467 e. The minimum Gasteiger partial charge on any atom is -0.467 e. The van der Waals surface area contributed by atoms with Crippen molar-refractivity contribution in [1.29, 1.82) is 0 Å². The van der Waals surface area contributed by atoms with Gasteiger partial charge in [-0.05, 0) is 81.9 Å². The highest BCUT2D eigenvalue weighted by Crippen LogP contribution is 2.50. The van der Waals surface area contributed by atoms with Crippen LogP contribution in [0, 0.1) is 26.7 Å². The molecule has 174 valence electrons. The summed E-state index contributed by atoms with van der Waals surface area (Å²) in [6, 6.07) is 19.1. The lowest BCUT2D eigenvalue weighted by Crippen LogP contribution is -2.72. The van der Waals surface area contributed by atoms with Gasteiger partial charge >= 0.3 is 0 Å². The Morgan fingerprint density at radius 2 is 1.74 bits per heavy atom. The first-order chi connectivity index (χ1) is 16.2. The van der Waals surface area contributed by atoms with Crippen molar-refractivity contribution in [3.05, 3.63) is 87.9 Å². The molecule has 0 radical (unpaired) electrons. The molecular weight excluding hydrogens is 466 g/mol. The molecule has 3 atom stereocenters. The van der Waals surface area contributed by atoms with Gasteiger partial charge in [0.05, 0.1) is 6.04 Å². The molecule has 0 aliphatic carbocycles. The standard InChI is InChI=1S/C27H26ClN3O2S/c1-15-5-11-21(17(3)13-15)29-25(32)23-24-20-14-16(2)6-12-22(20)33-27(23,4)31(26(34)30-24)19-9-7-18(28)8-10-19/h5-14,23-24H,1-4H3,(H,29,32)(H,30,34)/t23-,24-,27-/m0/s1. The fourth-order valence-electron chi connectivity index (χ4n) is 5.05. The number of anilines is 2. The highest BCUT2D eigenvalue weighted by Gasteiger charge is 2.59. The van der Waals surface area contributed by atoms with Gasteiger partial charge in [-0.2, -0.15) is 0 Å². The number of carbonyl (C=O) groups is 1. The Balaban J connectivity index is 1.63. The molecule has 0 aromatic heterocycles. The van der Waals surface area contributed by atoms with Gasteiger partial charge in [-0.25, -0.2) is 0 Å². The normalized spacial score (nSPS) is 23.0. The van der Waals surface area contributed by atoms with Gasteiger partial charge < -0.3 is 15.4 Å². The monoisotopic (exact) mass is 491 g/mol. The summed E-state index contributed by atoms with van der Waals surface area (Å²) in [4.78, 5) is 15.8. The zero-order valence-corrected chi connectivity index (χ0v) is 21.1. The Morgan fingerprint density at radius 3 is 2.44 bits per heavy atom. The van der Waals surface area contributed by atoms with E-state index in [0.717, 1.165) is 39.4 Å². The molecule has 2 aliphatic heterocycles. The van der Waals surface area contributed by atoms with Crippen molar-refractivity contribution in [2.45, 2.75) is 39.5 Å². The number of carbonyl (C=O) groups excluding carboxylic acids is 1. The van der Waals surface area contributed by atoms with Gasteiger partial charge in [-0.1, -0.05) is 47.0 Å². The predicted molar refractivity (Wildman–Crippen MR) is 141 cm³/mol. The van der Waals surface area contributed by atoms with Gasteiger partial charge in [0.25, 0.3) is 0 Å². The van der Waals surface area contributed by atoms with E-state index in [-0.39, 0.29) is 11.9 Å². The molecule has 2 bridgehead atoms. The molecule has 5 nitrogen and oxygen atoms in total. The number of nitrogens with zero attached hydrogens (tertiary/aromatic N) is 1. The molecule has 2 aliphatic rings. The van der Waals surface area contributed by atoms with Crippen LogP contribution in [-0.2, 0) is 4.79 Å². The molecule has 3 aromatic carbocycles. The minimum absolute atomic E-state index is 0.138. The van der Waals surface area contributed by atoms with Crippen molar-refractivity contribution in [1.82, 2.24) is 5.32 Å². The maximum atomic E-state index is 13.9. The molecule has 1 fully saturated rings. The van der Waals surface area contributed by atoms with Crippen molar-refractivity contribution < 1.29 is 9.53 Å². The van der Waals surface area contributed by atoms with Gasteiger partial charge in [0.15, 0.2) is 10.8 Å². The fraction of sp³-hybridized carbons (Fsp3) is 0.259. The smallest absolute Gasteiger partial charge is 0.236 e. The number of aryl methyl sites for hydroxylation is 3. The van der Waals surface area contributed by atoms with Crippen LogP contribution in [0.15, 0.2) is 60.7 Å². The first kappa shape index (κ1) is 22.7. The number of benzene rings is 3. The van der Waals surface area contributed by atoms with Crippen LogP contribution in [0.1, 0.15) is 35.2 Å². The van der Waals surface area contributed by atoms with Crippen LogP contribution in [-0.4, -0.2) is 16.7 Å². The highest BCUT2D eigenvalue weighted by molar-refractivity contribution is 7.80. The first-order valence-corrected chi connectivity index (χ1v) is 12.0. The van der Waals surface area contributed by atoms with Crippen molar-refractivity contribution in [2.75, 3.05) is 10.2 Å². The molecular formula is C27H26ClN3O2S. The third-order valence-electron chi connectivity index (χ3n) is 6.66. The number of halogens is 1. The second-order valence-corrected chi connectivity index (χ2v) is 10.0. The van der Waals surface area contributed by atoms with E-state index in [0.29, 0.717) is 10.1 Å². The van der Waals surface area contributed by atoms with Gasteiger partial charge in [-0.15, -0.1) is 0 Å². The average Bonchev–Trinajstić information content (AvgIpc) is 2.77. The summed E-state index contributed by atoms with van der Waals surface area (Å²) in [5, 5.41) is 7.72. The van der Waals surface area contributed by atoms with Crippen LogP contribution in [0.3, 0.4) is 0 Å². The zero-order valence-electron chi connectivity index (χ0n) is 19.5. The van der Waals surface area contributed by atoms with Gasteiger partial charge in [0.2, 0.25) is 5.91 Å². The van der Waals surface area contributed by atoms with Crippen molar-refractivity contribution in [3.63, 3.8) is 0 Å². The van der Waals surface area contributed by atoms with Gasteiger partial charge in [-0.3, -0.25) is 9.69 Å². The highest BCUT2D eigenvalue weighted by atomic mass is 35.5. The summed E-state index contributed by atoms with van der Waals surface area (Å²) in [6.07, 6.45) is 0. The lowest BCUT2D eigenvalue weighted by Gasteiger charge is -2.56. The number of amides is 1. The predicted octanol–water partition coefficient (Wildman–Crippen LogP) is 6.06. The summed E-state index contributed by atoms with van der Waals surface area (Å²) >= 11 is 11.9. The minimum atomic E-state index is -1.06. The third-order valence-corrected chi connectivity index (χ3v) is 7.21. The third kappa shape index (κ3) is 3.71. The van der Waals surface area contributed by atoms with Gasteiger partial charge in [0, 0.05) is 22.0 Å². The van der Waals surface area contributed by atoms with Crippen molar-refractivity contribution in [2.24, 2.45) is 5.92 Å². The van der Waals surface area contributed by atoms with E-state index in [1.807, 2.05) is 69.0 Å². The van der Waals surface area contributed by atoms with Crippen LogP contribution in [0.2, 0.25) is 5.02 Å². The maximum absolute atomic E-state index is 13.9. The lowest BCUT2D eigenvalue weighted by molar-refractivity contribution is -0.130. The second kappa shape index (κ2) is 8.29. The second-order valence-electron chi connectivity index (χ2n) is 9.22. The fourth-order valence-corrected chi connectivity index (χ4v) is 5.59. The Labute approximate surface area is 210 Å². The summed E-state index contributed by atoms with van der Waals surface area (Å²) in [7, 11) is 0. The first-order valence-electron chi connectivity index (χ1n) is 11.2. The van der Waals surface area contributed by atoms with Crippen LogP contribution in [0.5, 0.6) is 5.75 Å². The van der Waals surface area contributed by atoms with Crippen LogP contribution in [0.25, 0.3) is 0 Å². The van der Waals surface area contributed by atoms with Crippen LogP contribution >= 0.6 is 23.8 Å². The van der Waals surface area contributed by atoms with Crippen LogP contribution in [0.4, 0.5) is 11.4 Å². The SMILES string of the molecule is Cc1ccc(NC(=O)[C@@H]2[C@H]3NC(=S)N(c4ccc(Cl)cc4)[C@@]2(C)Oc2ccc(C)cc23)c(C)c1. The molecule has 1 saturated heterocycles. The summed E-state index contributed by atoms with van der Waals surface area (Å²) in [6.45, 7) is 7.98. The molecule has 3 aromatic rings. The van der Waals surface area contributed by atoms with E-state index in [4.69, 9.17) is 28.6 Å². The number of hydrogen-bond donors (Lipinski definition) is 2. The number of ether oxygens (including phenoxy) is 1. The quantitative estimate of drug-likeness (QED) is 0.436. The van der Waals surface area contributed by atoms with Crippen molar-refractivity contribution >= 4 is 46.2 Å². The molecule has 0 unspecified atom stereocenters. The molecule has 0 saturated carbocycles. The maximum Gasteiger partial charge on any atom is 0.236 e. The molecule has 34 heavy (non-hydrogen) atoms. The number of nitrogens with one attached hydrogen (secondary N) is 2. The van der Waals surface area contributed by atoms with E-state index in [2.05, 4.69) is 22.8 Å². The van der Waals surface area contributed by atoms with E-state index < -0.39 is 11.6 Å². The number of thiocarbonyl (C=S) groups is 1. The molecule has 1 amide bonds. The van der Waals surface area contributed by atoms with E-state index >= 15 is 0 Å². The zero-order chi connectivity index (χ0) is 24.2. The summed E-state index contributed by atoms with van der Waals surface area (Å²) in [5.74, 6) is 0.00749. The Bertz CT molecular complexity index is 1310. The summed E-state index contributed by atoms with van der Waals surface area (Å²) < 4.78 is 6.64. The molecule has 2 N–H and O–H groups in total. The Hall–Kier alpha value is -3.09. The Kier molecular flexibility index (Phi) is 5.53. The molecule has 2 heterocycles. The van der Waals surface area contributed by atoms with E-state index in [1.165, 1.54) is 0 Å². The van der Waals surface area contributed by atoms with Gasteiger partial charge in [0.1, 0.15) is 11.7 Å². The number of hydrogen-bond acceptors (Lipinski definition) is 3. The van der Waals surface area contributed by atoms with Crippen molar-refractivity contribution in [3.8, 4) is 5.75 Å². The van der Waals surface area contributed by atoms with Crippen LogP contribution < -0.4 is 20.3 Å². The topological polar surface area (TPSA) is 53.6 Å².